The lowest BCUT2D eigenvalue weighted by molar-refractivity contribution is -0.136. The largest absolute Gasteiger partial charge is 0.396 e. The van der Waals surface area contributed by atoms with Crippen LogP contribution in [0.2, 0.25) is 0 Å². The first-order chi connectivity index (χ1) is 10.2. The van der Waals surface area contributed by atoms with E-state index in [1.165, 1.54) is 0 Å². The number of nitrogens with one attached hydrogen (secondary N) is 2. The molecule has 0 spiro atoms. The van der Waals surface area contributed by atoms with Crippen molar-refractivity contribution in [3.8, 4) is 0 Å². The molecule has 1 rings (SSSR count). The molecule has 2 amide bonds. The van der Waals surface area contributed by atoms with Gasteiger partial charge in [0.15, 0.2) is 0 Å². The summed E-state index contributed by atoms with van der Waals surface area (Å²) in [6.07, 6.45) is 1.28. The van der Waals surface area contributed by atoms with Crippen LogP contribution in [0.4, 0.5) is 14.5 Å². The molecule has 7 heteroatoms. The summed E-state index contributed by atoms with van der Waals surface area (Å²) in [6, 6.07) is 2.49. The van der Waals surface area contributed by atoms with Gasteiger partial charge in [-0.25, -0.2) is 8.78 Å². The van der Waals surface area contributed by atoms with Crippen LogP contribution in [0.5, 0.6) is 0 Å². The second-order valence-corrected chi connectivity index (χ2v) is 5.79. The average molecular weight is 314 g/mol. The maximum Gasteiger partial charge on any atom is 0.313 e. The van der Waals surface area contributed by atoms with E-state index >= 15 is 0 Å². The molecule has 0 atom stereocenters. The van der Waals surface area contributed by atoms with Gasteiger partial charge in [0, 0.05) is 24.9 Å². The summed E-state index contributed by atoms with van der Waals surface area (Å²) in [5.74, 6) is -3.57. The van der Waals surface area contributed by atoms with E-state index in [-0.39, 0.29) is 24.3 Å². The molecule has 122 valence electrons. The van der Waals surface area contributed by atoms with Crippen molar-refractivity contribution in [1.29, 1.82) is 0 Å². The summed E-state index contributed by atoms with van der Waals surface area (Å²) in [7, 11) is 0. The molecule has 3 N–H and O–H groups in total. The molecule has 5 nitrogen and oxygen atoms in total. The van der Waals surface area contributed by atoms with E-state index in [2.05, 4.69) is 10.6 Å². The Hall–Kier alpha value is -2.02. The Bertz CT molecular complexity index is 527. The van der Waals surface area contributed by atoms with Crippen LogP contribution in [0, 0.1) is 17.0 Å². The Morgan fingerprint density at radius 2 is 1.73 bits per heavy atom. The lowest BCUT2D eigenvalue weighted by Crippen LogP contribution is -2.36. The van der Waals surface area contributed by atoms with Crippen molar-refractivity contribution in [2.45, 2.75) is 26.7 Å². The SMILES string of the molecule is CC(C)(CO)CCCNC(=O)C(=O)Nc1cc(F)cc(F)c1. The molecule has 0 heterocycles. The molecule has 0 aliphatic heterocycles. The molecule has 0 aliphatic rings. The van der Waals surface area contributed by atoms with Crippen molar-refractivity contribution in [2.75, 3.05) is 18.5 Å². The zero-order valence-electron chi connectivity index (χ0n) is 12.6. The van der Waals surface area contributed by atoms with Crippen molar-refractivity contribution >= 4 is 17.5 Å². The maximum absolute atomic E-state index is 13.0. The lowest BCUT2D eigenvalue weighted by atomic mass is 9.89. The molecule has 0 saturated heterocycles. The van der Waals surface area contributed by atoms with Gasteiger partial charge in [-0.2, -0.15) is 0 Å². The topological polar surface area (TPSA) is 78.4 Å². The molecule has 0 radical (unpaired) electrons. The number of amides is 2. The summed E-state index contributed by atoms with van der Waals surface area (Å²) in [5, 5.41) is 13.6. The van der Waals surface area contributed by atoms with Crippen LogP contribution in [-0.4, -0.2) is 30.1 Å². The number of hydrogen-bond acceptors (Lipinski definition) is 3. The highest BCUT2D eigenvalue weighted by molar-refractivity contribution is 6.39. The summed E-state index contributed by atoms with van der Waals surface area (Å²) >= 11 is 0. The van der Waals surface area contributed by atoms with Crippen molar-refractivity contribution < 1.29 is 23.5 Å². The van der Waals surface area contributed by atoms with Gasteiger partial charge in [-0.1, -0.05) is 13.8 Å². The van der Waals surface area contributed by atoms with Crippen LogP contribution in [0.3, 0.4) is 0 Å². The molecule has 0 aliphatic carbocycles. The first-order valence-electron chi connectivity index (χ1n) is 6.90. The zero-order valence-corrected chi connectivity index (χ0v) is 12.6. The van der Waals surface area contributed by atoms with Crippen LogP contribution >= 0.6 is 0 Å². The fourth-order valence-electron chi connectivity index (χ4n) is 1.74. The van der Waals surface area contributed by atoms with Crippen LogP contribution in [0.15, 0.2) is 18.2 Å². The summed E-state index contributed by atoms with van der Waals surface area (Å²) < 4.78 is 25.9. The van der Waals surface area contributed by atoms with Gasteiger partial charge in [-0.15, -0.1) is 0 Å². The first-order valence-corrected chi connectivity index (χ1v) is 6.90. The summed E-state index contributed by atoms with van der Waals surface area (Å²) in [4.78, 5) is 23.1. The molecule has 0 saturated carbocycles. The summed E-state index contributed by atoms with van der Waals surface area (Å²) in [6.45, 7) is 4.08. The molecule has 0 fully saturated rings. The van der Waals surface area contributed by atoms with E-state index in [0.29, 0.717) is 18.9 Å². The van der Waals surface area contributed by atoms with E-state index in [0.717, 1.165) is 12.1 Å². The van der Waals surface area contributed by atoms with Gasteiger partial charge in [0.05, 0.1) is 0 Å². The van der Waals surface area contributed by atoms with Gasteiger partial charge in [0.1, 0.15) is 11.6 Å². The number of halogens is 2. The number of carbonyl (C=O) groups excluding carboxylic acids is 2. The quantitative estimate of drug-likeness (QED) is 0.553. The Morgan fingerprint density at radius 3 is 2.27 bits per heavy atom. The third kappa shape index (κ3) is 6.17. The van der Waals surface area contributed by atoms with Crippen molar-refractivity contribution in [2.24, 2.45) is 5.41 Å². The first kappa shape index (κ1) is 18.0. The fraction of sp³-hybridized carbons (Fsp3) is 0.467. The monoisotopic (exact) mass is 314 g/mol. The molecule has 1 aromatic rings. The molecule has 0 bridgehead atoms. The maximum atomic E-state index is 13.0. The smallest absolute Gasteiger partial charge is 0.313 e. The molecular formula is C15H20F2N2O3. The fourth-order valence-corrected chi connectivity index (χ4v) is 1.74. The van der Waals surface area contributed by atoms with E-state index in [9.17, 15) is 18.4 Å². The minimum absolute atomic E-state index is 0.0343. The number of aliphatic hydroxyl groups is 1. The molecular weight excluding hydrogens is 294 g/mol. The standard InChI is InChI=1S/C15H20F2N2O3/c1-15(2,9-20)4-3-5-18-13(21)14(22)19-12-7-10(16)6-11(17)8-12/h6-8,20H,3-5,9H2,1-2H3,(H,18,21)(H,19,22). The second kappa shape index (κ2) is 7.84. The summed E-state index contributed by atoms with van der Waals surface area (Å²) in [5.41, 5.74) is -0.370. The predicted molar refractivity (Wildman–Crippen MR) is 78.1 cm³/mol. The third-order valence-corrected chi connectivity index (χ3v) is 3.07. The van der Waals surface area contributed by atoms with Crippen LogP contribution in [-0.2, 0) is 9.59 Å². The normalized spacial score (nSPS) is 11.1. The number of rotatable bonds is 6. The van der Waals surface area contributed by atoms with E-state index in [1.54, 1.807) is 0 Å². The Kier molecular flexibility index (Phi) is 6.42. The number of carbonyl (C=O) groups is 2. The van der Waals surface area contributed by atoms with Crippen molar-refractivity contribution in [3.05, 3.63) is 29.8 Å². The van der Waals surface area contributed by atoms with E-state index in [4.69, 9.17) is 5.11 Å². The van der Waals surface area contributed by atoms with Gasteiger partial charge >= 0.3 is 11.8 Å². The number of anilines is 1. The molecule has 0 aromatic heterocycles. The Labute approximate surface area is 127 Å². The van der Waals surface area contributed by atoms with Crippen LogP contribution in [0.1, 0.15) is 26.7 Å². The predicted octanol–water partition coefficient (Wildman–Crippen LogP) is 1.82. The third-order valence-electron chi connectivity index (χ3n) is 3.07. The van der Waals surface area contributed by atoms with Gasteiger partial charge in [-0.05, 0) is 30.4 Å². The average Bonchev–Trinajstić information content (AvgIpc) is 2.42. The second-order valence-electron chi connectivity index (χ2n) is 5.79. The highest BCUT2D eigenvalue weighted by Gasteiger charge is 2.17. The zero-order chi connectivity index (χ0) is 16.8. The number of benzene rings is 1. The van der Waals surface area contributed by atoms with Gasteiger partial charge in [0.25, 0.3) is 0 Å². The number of aliphatic hydroxyl groups excluding tert-OH is 1. The van der Waals surface area contributed by atoms with Gasteiger partial charge in [-0.3, -0.25) is 9.59 Å². The van der Waals surface area contributed by atoms with Crippen LogP contribution < -0.4 is 10.6 Å². The van der Waals surface area contributed by atoms with Gasteiger partial charge in [0.2, 0.25) is 0 Å². The van der Waals surface area contributed by atoms with Crippen LogP contribution in [0.25, 0.3) is 0 Å². The molecule has 1 aromatic carbocycles. The molecule has 22 heavy (non-hydrogen) atoms. The van der Waals surface area contributed by atoms with E-state index in [1.807, 2.05) is 13.8 Å². The Morgan fingerprint density at radius 1 is 1.14 bits per heavy atom. The Balaban J connectivity index is 2.41. The highest BCUT2D eigenvalue weighted by Crippen LogP contribution is 2.20. The minimum Gasteiger partial charge on any atom is -0.396 e. The van der Waals surface area contributed by atoms with E-state index < -0.39 is 23.4 Å². The minimum atomic E-state index is -0.994. The van der Waals surface area contributed by atoms with Gasteiger partial charge < -0.3 is 15.7 Å². The number of hydrogen-bond donors (Lipinski definition) is 3. The van der Waals surface area contributed by atoms with Crippen molar-refractivity contribution in [1.82, 2.24) is 5.32 Å². The van der Waals surface area contributed by atoms with Crippen molar-refractivity contribution in [3.63, 3.8) is 0 Å². The highest BCUT2D eigenvalue weighted by atomic mass is 19.1. The lowest BCUT2D eigenvalue weighted by Gasteiger charge is -2.21. The molecule has 0 unspecified atom stereocenters.